The largest absolute Gasteiger partial charge is 0.481 e. The summed E-state index contributed by atoms with van der Waals surface area (Å²) in [6.07, 6.45) is 3.74. The molecule has 2 aliphatic rings. The number of aromatic amines is 1. The average molecular weight is 306 g/mol. The quantitative estimate of drug-likeness (QED) is 0.660. The molecular formula is C15H22N4O3. The Morgan fingerprint density at radius 2 is 2.00 bits per heavy atom. The van der Waals surface area contributed by atoms with Gasteiger partial charge in [-0.3, -0.25) is 14.7 Å². The van der Waals surface area contributed by atoms with Gasteiger partial charge in [0.15, 0.2) is 0 Å². The van der Waals surface area contributed by atoms with Crippen LogP contribution in [0.15, 0.2) is 6.07 Å². The molecule has 1 aliphatic heterocycles. The first-order chi connectivity index (χ1) is 10.6. The number of carbonyl (C=O) groups is 2. The lowest BCUT2D eigenvalue weighted by Crippen LogP contribution is -2.38. The minimum atomic E-state index is -0.730. The highest BCUT2D eigenvalue weighted by Crippen LogP contribution is 2.25. The predicted molar refractivity (Wildman–Crippen MR) is 79.7 cm³/mol. The SMILES string of the molecule is O=C(NC1CCC(C(=O)O)CC1)c1cc(C2CCNC2)[nH]n1. The average Bonchev–Trinajstić information content (AvgIpc) is 3.19. The lowest BCUT2D eigenvalue weighted by Gasteiger charge is -2.26. The van der Waals surface area contributed by atoms with Gasteiger partial charge in [-0.2, -0.15) is 5.10 Å². The summed E-state index contributed by atoms with van der Waals surface area (Å²) in [5.41, 5.74) is 1.42. The van der Waals surface area contributed by atoms with Gasteiger partial charge in [0.1, 0.15) is 5.69 Å². The van der Waals surface area contributed by atoms with Crippen molar-refractivity contribution in [3.8, 4) is 0 Å². The van der Waals surface area contributed by atoms with E-state index in [1.165, 1.54) is 0 Å². The van der Waals surface area contributed by atoms with Crippen LogP contribution in [0.1, 0.15) is 54.2 Å². The molecule has 7 heteroatoms. The number of H-pyrrole nitrogens is 1. The molecule has 1 saturated carbocycles. The first kappa shape index (κ1) is 15.0. The Morgan fingerprint density at radius 1 is 1.23 bits per heavy atom. The summed E-state index contributed by atoms with van der Waals surface area (Å²) in [5, 5.41) is 22.3. The van der Waals surface area contributed by atoms with Crippen molar-refractivity contribution >= 4 is 11.9 Å². The molecule has 0 bridgehead atoms. The number of carbonyl (C=O) groups excluding carboxylic acids is 1. The van der Waals surface area contributed by atoms with E-state index in [1.807, 2.05) is 6.07 Å². The minimum Gasteiger partial charge on any atom is -0.481 e. The topological polar surface area (TPSA) is 107 Å². The number of carboxylic acid groups (broad SMARTS) is 1. The molecule has 1 atom stereocenters. The molecule has 1 aromatic rings. The zero-order valence-electron chi connectivity index (χ0n) is 12.5. The van der Waals surface area contributed by atoms with Crippen LogP contribution in [0.2, 0.25) is 0 Å². The van der Waals surface area contributed by atoms with Crippen LogP contribution in [0.4, 0.5) is 0 Å². The number of hydrogen-bond donors (Lipinski definition) is 4. The number of aromatic nitrogens is 2. The van der Waals surface area contributed by atoms with Gasteiger partial charge in [0.05, 0.1) is 5.92 Å². The molecular weight excluding hydrogens is 284 g/mol. The molecule has 22 heavy (non-hydrogen) atoms. The summed E-state index contributed by atoms with van der Waals surface area (Å²) in [5.74, 6) is -0.765. The third-order valence-corrected chi connectivity index (χ3v) is 4.74. The number of aliphatic carboxylic acids is 1. The van der Waals surface area contributed by atoms with E-state index in [2.05, 4.69) is 20.8 Å². The maximum Gasteiger partial charge on any atom is 0.306 e. The van der Waals surface area contributed by atoms with Gasteiger partial charge in [0, 0.05) is 24.2 Å². The zero-order valence-corrected chi connectivity index (χ0v) is 12.5. The molecule has 7 nitrogen and oxygen atoms in total. The molecule has 0 aromatic carbocycles. The Balaban J connectivity index is 1.53. The van der Waals surface area contributed by atoms with Crippen molar-refractivity contribution in [1.82, 2.24) is 20.8 Å². The fourth-order valence-corrected chi connectivity index (χ4v) is 3.33. The van der Waals surface area contributed by atoms with Crippen molar-refractivity contribution in [2.75, 3.05) is 13.1 Å². The summed E-state index contributed by atoms with van der Waals surface area (Å²) >= 11 is 0. The summed E-state index contributed by atoms with van der Waals surface area (Å²) in [4.78, 5) is 23.2. The highest BCUT2D eigenvalue weighted by atomic mass is 16.4. The third kappa shape index (κ3) is 3.30. The first-order valence-corrected chi connectivity index (χ1v) is 7.93. The van der Waals surface area contributed by atoms with E-state index in [9.17, 15) is 9.59 Å². The van der Waals surface area contributed by atoms with Crippen molar-refractivity contribution in [1.29, 1.82) is 0 Å². The second-order valence-electron chi connectivity index (χ2n) is 6.26. The minimum absolute atomic E-state index is 0.0522. The zero-order chi connectivity index (χ0) is 15.5. The number of carboxylic acids is 1. The van der Waals surface area contributed by atoms with E-state index in [4.69, 9.17) is 5.11 Å². The normalized spacial score (nSPS) is 28.5. The molecule has 1 saturated heterocycles. The molecule has 1 aromatic heterocycles. The van der Waals surface area contributed by atoms with Crippen molar-refractivity contribution in [2.24, 2.45) is 5.92 Å². The van der Waals surface area contributed by atoms with E-state index in [-0.39, 0.29) is 17.9 Å². The molecule has 4 N–H and O–H groups in total. The molecule has 2 heterocycles. The van der Waals surface area contributed by atoms with Crippen LogP contribution in [0.3, 0.4) is 0 Å². The second-order valence-corrected chi connectivity index (χ2v) is 6.26. The summed E-state index contributed by atoms with van der Waals surface area (Å²) in [6.45, 7) is 1.92. The monoisotopic (exact) mass is 306 g/mol. The number of hydrogen-bond acceptors (Lipinski definition) is 4. The van der Waals surface area contributed by atoms with Crippen molar-refractivity contribution < 1.29 is 14.7 Å². The lowest BCUT2D eigenvalue weighted by molar-refractivity contribution is -0.142. The molecule has 3 rings (SSSR count). The molecule has 1 amide bonds. The van der Waals surface area contributed by atoms with Crippen LogP contribution >= 0.6 is 0 Å². The molecule has 1 unspecified atom stereocenters. The number of amides is 1. The Bertz CT molecular complexity index is 543. The molecule has 2 fully saturated rings. The smallest absolute Gasteiger partial charge is 0.306 e. The lowest BCUT2D eigenvalue weighted by atomic mass is 9.86. The van der Waals surface area contributed by atoms with Crippen molar-refractivity contribution in [3.05, 3.63) is 17.5 Å². The number of nitrogens with one attached hydrogen (secondary N) is 3. The molecule has 0 radical (unpaired) electrons. The van der Waals surface area contributed by atoms with Crippen LogP contribution in [-0.4, -0.2) is 46.3 Å². The van der Waals surface area contributed by atoms with Crippen LogP contribution in [0, 0.1) is 5.92 Å². The van der Waals surface area contributed by atoms with Gasteiger partial charge in [0.2, 0.25) is 0 Å². The fourth-order valence-electron chi connectivity index (χ4n) is 3.33. The van der Waals surface area contributed by atoms with Gasteiger partial charge in [-0.1, -0.05) is 0 Å². The van der Waals surface area contributed by atoms with Crippen LogP contribution in [0.5, 0.6) is 0 Å². The predicted octanol–water partition coefficient (Wildman–Crippen LogP) is 0.860. The third-order valence-electron chi connectivity index (χ3n) is 4.74. The summed E-state index contributed by atoms with van der Waals surface area (Å²) < 4.78 is 0. The number of rotatable bonds is 4. The standard InChI is InChI=1S/C15H22N4O3/c20-14(17-11-3-1-9(2-4-11)15(21)22)13-7-12(18-19-13)10-5-6-16-8-10/h7,9-11,16H,1-6,8H2,(H,17,20)(H,18,19)(H,21,22). The molecule has 120 valence electrons. The fraction of sp³-hybridized carbons (Fsp3) is 0.667. The van der Waals surface area contributed by atoms with Gasteiger partial charge in [0.25, 0.3) is 5.91 Å². The van der Waals surface area contributed by atoms with E-state index in [0.717, 1.165) is 25.2 Å². The van der Waals surface area contributed by atoms with E-state index < -0.39 is 5.97 Å². The van der Waals surface area contributed by atoms with E-state index >= 15 is 0 Å². The molecule has 1 aliphatic carbocycles. The van der Waals surface area contributed by atoms with Gasteiger partial charge >= 0.3 is 5.97 Å². The Kier molecular flexibility index (Phi) is 4.42. The van der Waals surface area contributed by atoms with Crippen LogP contribution in [0.25, 0.3) is 0 Å². The Hall–Kier alpha value is -1.89. The Morgan fingerprint density at radius 3 is 2.64 bits per heavy atom. The number of nitrogens with zero attached hydrogens (tertiary/aromatic N) is 1. The van der Waals surface area contributed by atoms with Crippen molar-refractivity contribution in [2.45, 2.75) is 44.1 Å². The first-order valence-electron chi connectivity index (χ1n) is 7.93. The highest BCUT2D eigenvalue weighted by molar-refractivity contribution is 5.92. The van der Waals surface area contributed by atoms with E-state index in [1.54, 1.807) is 0 Å². The van der Waals surface area contributed by atoms with Gasteiger partial charge < -0.3 is 15.7 Å². The summed E-state index contributed by atoms with van der Waals surface area (Å²) in [7, 11) is 0. The van der Waals surface area contributed by atoms with Gasteiger partial charge in [-0.25, -0.2) is 0 Å². The maximum atomic E-state index is 12.2. The van der Waals surface area contributed by atoms with Crippen LogP contribution in [-0.2, 0) is 4.79 Å². The van der Waals surface area contributed by atoms with Crippen molar-refractivity contribution in [3.63, 3.8) is 0 Å². The van der Waals surface area contributed by atoms with Gasteiger partial charge in [-0.15, -0.1) is 0 Å². The second kappa shape index (κ2) is 6.48. The Labute approximate surface area is 128 Å². The highest BCUT2D eigenvalue weighted by Gasteiger charge is 2.27. The molecule has 0 spiro atoms. The van der Waals surface area contributed by atoms with Crippen LogP contribution < -0.4 is 10.6 Å². The summed E-state index contributed by atoms with van der Waals surface area (Å²) in [6, 6.07) is 1.88. The van der Waals surface area contributed by atoms with E-state index in [0.29, 0.717) is 37.3 Å². The van der Waals surface area contributed by atoms with Gasteiger partial charge in [-0.05, 0) is 44.7 Å². The maximum absolute atomic E-state index is 12.2.